The lowest BCUT2D eigenvalue weighted by molar-refractivity contribution is -0.0207. The molecule has 1 aromatic rings. The first kappa shape index (κ1) is 14.0. The molecule has 1 saturated heterocycles. The van der Waals surface area contributed by atoms with Gasteiger partial charge in [0.15, 0.2) is 0 Å². The van der Waals surface area contributed by atoms with Crippen LogP contribution in [0.4, 0.5) is 4.39 Å². The summed E-state index contributed by atoms with van der Waals surface area (Å²) in [4.78, 5) is 2.31. The monoisotopic (exact) mass is 278 g/mol. The molecule has 1 unspecified atom stereocenters. The molecule has 1 aromatic carbocycles. The van der Waals surface area contributed by atoms with Crippen LogP contribution in [0.15, 0.2) is 24.3 Å². The largest absolute Gasteiger partial charge is 0.374 e. The van der Waals surface area contributed by atoms with E-state index < -0.39 is 0 Å². The molecule has 2 aliphatic rings. The molecule has 3 rings (SSSR count). The maximum Gasteiger partial charge on any atom is 0.123 e. The number of likely N-dealkylation sites (N-methyl/N-ethyl adjacent to an activating group) is 1. The van der Waals surface area contributed by atoms with Crippen LogP contribution in [-0.2, 0) is 4.74 Å². The number of nitrogens with zero attached hydrogens (tertiary/aromatic N) is 1. The van der Waals surface area contributed by atoms with E-state index in [4.69, 9.17) is 4.74 Å². The fourth-order valence-corrected chi connectivity index (χ4v) is 3.11. The minimum absolute atomic E-state index is 0.127. The minimum atomic E-state index is -0.127. The third-order valence-corrected chi connectivity index (χ3v) is 4.43. The molecule has 1 aliphatic carbocycles. The average Bonchev–Trinajstić information content (AvgIpc) is 2.37. The molecule has 4 heteroatoms. The molecule has 110 valence electrons. The van der Waals surface area contributed by atoms with Crippen LogP contribution in [-0.4, -0.2) is 50.3 Å². The molecule has 0 amide bonds. The number of morpholine rings is 1. The average molecular weight is 278 g/mol. The first-order chi connectivity index (χ1) is 9.70. The predicted octanol–water partition coefficient (Wildman–Crippen LogP) is 1.99. The summed E-state index contributed by atoms with van der Waals surface area (Å²) in [6, 6.07) is 7.56. The quantitative estimate of drug-likeness (QED) is 0.911. The van der Waals surface area contributed by atoms with Gasteiger partial charge < -0.3 is 15.0 Å². The van der Waals surface area contributed by atoms with Crippen molar-refractivity contribution in [2.24, 2.45) is 0 Å². The van der Waals surface area contributed by atoms with Gasteiger partial charge in [-0.2, -0.15) is 0 Å². The SMILES string of the molecule is CN1CCOC(CNC2CC(c3cccc(F)c3)C2)C1. The molecule has 1 heterocycles. The second-order valence-corrected chi connectivity index (χ2v) is 6.08. The normalized spacial score (nSPS) is 31.0. The standard InChI is InChI=1S/C16H23FN2O/c1-19-5-6-20-16(11-19)10-18-15-8-13(9-15)12-3-2-4-14(17)7-12/h2-4,7,13,15-16,18H,5-6,8-11H2,1H3. The van der Waals surface area contributed by atoms with Crippen molar-refractivity contribution in [1.82, 2.24) is 10.2 Å². The highest BCUT2D eigenvalue weighted by Gasteiger charge is 2.31. The molecule has 0 aromatic heterocycles. The van der Waals surface area contributed by atoms with Crippen LogP contribution in [0.1, 0.15) is 24.3 Å². The van der Waals surface area contributed by atoms with Gasteiger partial charge in [0.1, 0.15) is 5.82 Å². The summed E-state index contributed by atoms with van der Waals surface area (Å²) in [5.41, 5.74) is 1.14. The zero-order valence-electron chi connectivity index (χ0n) is 12.0. The van der Waals surface area contributed by atoms with E-state index in [9.17, 15) is 4.39 Å². The number of rotatable bonds is 4. The topological polar surface area (TPSA) is 24.5 Å². The van der Waals surface area contributed by atoms with Gasteiger partial charge >= 0.3 is 0 Å². The highest BCUT2D eigenvalue weighted by atomic mass is 19.1. The summed E-state index contributed by atoms with van der Waals surface area (Å²) in [5.74, 6) is 0.385. The van der Waals surface area contributed by atoms with Crippen LogP contribution in [0.25, 0.3) is 0 Å². The molecule has 1 atom stereocenters. The van der Waals surface area contributed by atoms with Gasteiger partial charge in [0.2, 0.25) is 0 Å². The maximum absolute atomic E-state index is 13.2. The first-order valence-corrected chi connectivity index (χ1v) is 7.49. The fraction of sp³-hybridized carbons (Fsp3) is 0.625. The Labute approximate surface area is 120 Å². The molecule has 0 radical (unpaired) electrons. The zero-order chi connectivity index (χ0) is 13.9. The molecule has 20 heavy (non-hydrogen) atoms. The Bertz CT molecular complexity index is 448. The Balaban J connectivity index is 1.40. The Morgan fingerprint density at radius 1 is 1.40 bits per heavy atom. The third-order valence-electron chi connectivity index (χ3n) is 4.43. The summed E-state index contributed by atoms with van der Waals surface area (Å²) in [7, 11) is 2.14. The Kier molecular flexibility index (Phi) is 4.34. The van der Waals surface area contributed by atoms with Gasteiger partial charge in [0.05, 0.1) is 12.7 Å². The van der Waals surface area contributed by atoms with Crippen LogP contribution in [0, 0.1) is 5.82 Å². The first-order valence-electron chi connectivity index (χ1n) is 7.49. The van der Waals surface area contributed by atoms with Gasteiger partial charge in [0, 0.05) is 25.7 Å². The zero-order valence-corrected chi connectivity index (χ0v) is 12.0. The molecule has 0 spiro atoms. The van der Waals surface area contributed by atoms with E-state index in [-0.39, 0.29) is 5.82 Å². The lowest BCUT2D eigenvalue weighted by atomic mass is 9.76. The van der Waals surface area contributed by atoms with Crippen molar-refractivity contribution in [1.29, 1.82) is 0 Å². The number of halogens is 1. The highest BCUT2D eigenvalue weighted by Crippen LogP contribution is 2.36. The number of hydrogen-bond donors (Lipinski definition) is 1. The van der Waals surface area contributed by atoms with Crippen molar-refractivity contribution in [2.45, 2.75) is 30.9 Å². The van der Waals surface area contributed by atoms with E-state index in [1.54, 1.807) is 12.1 Å². The number of nitrogens with one attached hydrogen (secondary N) is 1. The number of hydrogen-bond acceptors (Lipinski definition) is 3. The maximum atomic E-state index is 13.2. The molecule has 3 nitrogen and oxygen atoms in total. The van der Waals surface area contributed by atoms with E-state index in [1.807, 2.05) is 6.07 Å². The van der Waals surface area contributed by atoms with Crippen LogP contribution < -0.4 is 5.32 Å². The van der Waals surface area contributed by atoms with Crippen LogP contribution in [0.2, 0.25) is 0 Å². The van der Waals surface area contributed by atoms with E-state index in [0.717, 1.165) is 44.6 Å². The molecular formula is C16H23FN2O. The second kappa shape index (κ2) is 6.20. The Morgan fingerprint density at radius 2 is 2.25 bits per heavy atom. The number of benzene rings is 1. The van der Waals surface area contributed by atoms with Gasteiger partial charge in [-0.05, 0) is 43.5 Å². The van der Waals surface area contributed by atoms with Gasteiger partial charge in [-0.1, -0.05) is 12.1 Å². The van der Waals surface area contributed by atoms with Crippen molar-refractivity contribution in [3.05, 3.63) is 35.6 Å². The molecule has 0 bridgehead atoms. The summed E-state index contributed by atoms with van der Waals surface area (Å²) in [5, 5.41) is 3.58. The number of ether oxygens (including phenoxy) is 1. The van der Waals surface area contributed by atoms with E-state index in [2.05, 4.69) is 17.3 Å². The van der Waals surface area contributed by atoms with E-state index >= 15 is 0 Å². The van der Waals surface area contributed by atoms with Crippen LogP contribution in [0.5, 0.6) is 0 Å². The van der Waals surface area contributed by atoms with Crippen LogP contribution in [0.3, 0.4) is 0 Å². The highest BCUT2D eigenvalue weighted by molar-refractivity contribution is 5.23. The molecule has 1 N–H and O–H groups in total. The lowest BCUT2D eigenvalue weighted by Crippen LogP contribution is -2.49. The van der Waals surface area contributed by atoms with Crippen molar-refractivity contribution in [3.63, 3.8) is 0 Å². The summed E-state index contributed by atoms with van der Waals surface area (Å²) in [6.45, 7) is 3.79. The van der Waals surface area contributed by atoms with Crippen molar-refractivity contribution in [3.8, 4) is 0 Å². The third kappa shape index (κ3) is 3.37. The van der Waals surface area contributed by atoms with Crippen molar-refractivity contribution >= 4 is 0 Å². The second-order valence-electron chi connectivity index (χ2n) is 6.08. The summed E-state index contributed by atoms with van der Waals surface area (Å²) < 4.78 is 18.9. The minimum Gasteiger partial charge on any atom is -0.374 e. The van der Waals surface area contributed by atoms with Gasteiger partial charge in [-0.25, -0.2) is 4.39 Å². The van der Waals surface area contributed by atoms with Crippen LogP contribution >= 0.6 is 0 Å². The van der Waals surface area contributed by atoms with Crippen molar-refractivity contribution in [2.75, 3.05) is 33.3 Å². The van der Waals surface area contributed by atoms with Crippen molar-refractivity contribution < 1.29 is 9.13 Å². The summed E-state index contributed by atoms with van der Waals surface area (Å²) >= 11 is 0. The predicted molar refractivity (Wildman–Crippen MR) is 77.4 cm³/mol. The molecule has 1 aliphatic heterocycles. The van der Waals surface area contributed by atoms with Gasteiger partial charge in [-0.3, -0.25) is 0 Å². The van der Waals surface area contributed by atoms with Gasteiger partial charge in [-0.15, -0.1) is 0 Å². The molecular weight excluding hydrogens is 255 g/mol. The smallest absolute Gasteiger partial charge is 0.123 e. The fourth-order valence-electron chi connectivity index (χ4n) is 3.11. The molecule has 1 saturated carbocycles. The lowest BCUT2D eigenvalue weighted by Gasteiger charge is -2.38. The van der Waals surface area contributed by atoms with E-state index in [0.29, 0.717) is 18.1 Å². The molecule has 2 fully saturated rings. The Morgan fingerprint density at radius 3 is 3.00 bits per heavy atom. The van der Waals surface area contributed by atoms with E-state index in [1.165, 1.54) is 6.07 Å². The summed E-state index contributed by atoms with van der Waals surface area (Å²) in [6.07, 6.45) is 2.51. The van der Waals surface area contributed by atoms with Gasteiger partial charge in [0.25, 0.3) is 0 Å². The Hall–Kier alpha value is -0.970.